The predicted octanol–water partition coefficient (Wildman–Crippen LogP) is 0.277. The van der Waals surface area contributed by atoms with Gasteiger partial charge in [0.25, 0.3) is 0 Å². The molecule has 1 aromatic carbocycles. The number of quaternary nitrogens is 2. The lowest BCUT2D eigenvalue weighted by molar-refractivity contribution is -0.966. The smallest absolute Gasteiger partial charge is 0.231 e. The van der Waals surface area contributed by atoms with Crippen LogP contribution < -0.4 is 19.3 Å². The lowest BCUT2D eigenvalue weighted by Crippen LogP contribution is -3.20. The predicted molar refractivity (Wildman–Crippen MR) is 89.1 cm³/mol. The third-order valence-electron chi connectivity index (χ3n) is 6.08. The highest BCUT2D eigenvalue weighted by Gasteiger charge is 2.32. The number of ether oxygens (including phenoxy) is 2. The van der Waals surface area contributed by atoms with Crippen molar-refractivity contribution < 1.29 is 19.3 Å². The Labute approximate surface area is 139 Å². The van der Waals surface area contributed by atoms with Gasteiger partial charge in [-0.2, -0.15) is 0 Å². The van der Waals surface area contributed by atoms with Gasteiger partial charge in [-0.25, -0.2) is 0 Å². The van der Waals surface area contributed by atoms with Crippen molar-refractivity contribution in [2.24, 2.45) is 5.92 Å². The normalized spacial score (nSPS) is 33.6. The third-order valence-corrected chi connectivity index (χ3v) is 6.08. The largest absolute Gasteiger partial charge is 0.454 e. The molecule has 0 bridgehead atoms. The maximum Gasteiger partial charge on any atom is 0.231 e. The summed E-state index contributed by atoms with van der Waals surface area (Å²) in [5.74, 6) is 2.77. The van der Waals surface area contributed by atoms with Gasteiger partial charge in [-0.3, -0.25) is 0 Å². The summed E-state index contributed by atoms with van der Waals surface area (Å²) in [5, 5.41) is 0. The summed E-state index contributed by atoms with van der Waals surface area (Å²) >= 11 is 0. The number of hydrogen-bond acceptors (Lipinski definition) is 2. The molecule has 4 heteroatoms. The molecule has 0 amide bonds. The van der Waals surface area contributed by atoms with Crippen molar-refractivity contribution in [2.75, 3.05) is 33.0 Å². The second kappa shape index (κ2) is 6.70. The average molecular weight is 318 g/mol. The van der Waals surface area contributed by atoms with Crippen LogP contribution in [0.3, 0.4) is 0 Å². The molecule has 2 saturated heterocycles. The Morgan fingerprint density at radius 2 is 1.70 bits per heavy atom. The summed E-state index contributed by atoms with van der Waals surface area (Å²) in [6, 6.07) is 7.34. The first-order valence-corrected chi connectivity index (χ1v) is 9.34. The SMILES string of the molecule is CC1CC[NH+](C2CC[NH+](Cc3ccc4c(c3)OCO4)CC2)CC1. The number of fused-ring (bicyclic) bond motifs is 1. The topological polar surface area (TPSA) is 27.3 Å². The number of likely N-dealkylation sites (tertiary alicyclic amines) is 2. The number of nitrogens with one attached hydrogen (secondary N) is 2. The molecule has 0 spiro atoms. The lowest BCUT2D eigenvalue weighted by atomic mass is 9.95. The van der Waals surface area contributed by atoms with E-state index < -0.39 is 0 Å². The molecule has 0 saturated carbocycles. The van der Waals surface area contributed by atoms with E-state index in [2.05, 4.69) is 25.1 Å². The number of piperidine rings is 2. The molecule has 3 heterocycles. The summed E-state index contributed by atoms with van der Waals surface area (Å²) in [6.07, 6.45) is 5.65. The third kappa shape index (κ3) is 3.48. The van der Waals surface area contributed by atoms with Crippen LogP contribution >= 0.6 is 0 Å². The summed E-state index contributed by atoms with van der Waals surface area (Å²) in [5.41, 5.74) is 1.38. The molecular formula is C19H30N2O2+2. The fourth-order valence-electron chi connectivity index (χ4n) is 4.49. The van der Waals surface area contributed by atoms with Crippen molar-refractivity contribution >= 4 is 0 Å². The van der Waals surface area contributed by atoms with Crippen molar-refractivity contribution in [3.63, 3.8) is 0 Å². The Bertz CT molecular complexity index is 532. The van der Waals surface area contributed by atoms with Crippen LogP contribution in [0.2, 0.25) is 0 Å². The quantitative estimate of drug-likeness (QED) is 0.838. The molecule has 3 aliphatic heterocycles. The molecule has 0 atom stereocenters. The minimum absolute atomic E-state index is 0.369. The van der Waals surface area contributed by atoms with E-state index in [-0.39, 0.29) is 0 Å². The molecule has 4 rings (SSSR count). The van der Waals surface area contributed by atoms with E-state index >= 15 is 0 Å². The zero-order chi connectivity index (χ0) is 15.6. The van der Waals surface area contributed by atoms with Crippen LogP contribution in [0.1, 0.15) is 38.2 Å². The van der Waals surface area contributed by atoms with E-state index in [1.54, 1.807) is 4.90 Å². The first-order valence-electron chi connectivity index (χ1n) is 9.34. The number of rotatable bonds is 3. The molecule has 3 aliphatic rings. The second-order valence-electron chi connectivity index (χ2n) is 7.73. The zero-order valence-corrected chi connectivity index (χ0v) is 14.3. The Hall–Kier alpha value is -1.26. The highest BCUT2D eigenvalue weighted by Crippen LogP contribution is 2.32. The maximum atomic E-state index is 5.50. The van der Waals surface area contributed by atoms with Crippen LogP contribution in [0.4, 0.5) is 0 Å². The standard InChI is InChI=1S/C19H28N2O2/c1-15-4-10-21(11-5-15)17-6-8-20(9-7-17)13-16-2-3-18-19(12-16)23-14-22-18/h2-3,12,15,17H,4-11,13-14H2,1H3/p+2. The average Bonchev–Trinajstić information content (AvgIpc) is 3.04. The van der Waals surface area contributed by atoms with Crippen LogP contribution in [0.15, 0.2) is 18.2 Å². The van der Waals surface area contributed by atoms with Gasteiger partial charge in [0.1, 0.15) is 6.54 Å². The molecule has 0 aromatic heterocycles. The first-order chi connectivity index (χ1) is 11.3. The Morgan fingerprint density at radius 1 is 0.957 bits per heavy atom. The number of hydrogen-bond donors (Lipinski definition) is 2. The summed E-state index contributed by atoms with van der Waals surface area (Å²) < 4.78 is 10.9. The Kier molecular flexibility index (Phi) is 4.45. The van der Waals surface area contributed by atoms with Crippen molar-refractivity contribution in [3.8, 4) is 11.5 Å². The first kappa shape index (κ1) is 15.3. The van der Waals surface area contributed by atoms with Gasteiger partial charge in [-0.1, -0.05) is 6.92 Å². The van der Waals surface area contributed by atoms with Crippen molar-refractivity contribution in [3.05, 3.63) is 23.8 Å². The molecule has 2 fully saturated rings. The molecule has 126 valence electrons. The van der Waals surface area contributed by atoms with Gasteiger partial charge in [0, 0.05) is 18.4 Å². The molecular weight excluding hydrogens is 288 g/mol. The van der Waals surface area contributed by atoms with Crippen LogP contribution in [0.25, 0.3) is 0 Å². The van der Waals surface area contributed by atoms with Gasteiger partial charge in [0.2, 0.25) is 6.79 Å². The fraction of sp³-hybridized carbons (Fsp3) is 0.684. The van der Waals surface area contributed by atoms with E-state index in [0.29, 0.717) is 6.79 Å². The molecule has 0 radical (unpaired) electrons. The van der Waals surface area contributed by atoms with Crippen molar-refractivity contribution in [1.29, 1.82) is 0 Å². The summed E-state index contributed by atoms with van der Waals surface area (Å²) in [4.78, 5) is 3.62. The number of benzene rings is 1. The minimum atomic E-state index is 0.369. The molecule has 2 N–H and O–H groups in total. The van der Waals surface area contributed by atoms with Crippen molar-refractivity contribution in [1.82, 2.24) is 0 Å². The van der Waals surface area contributed by atoms with Crippen LogP contribution in [-0.2, 0) is 6.54 Å². The van der Waals surface area contributed by atoms with Gasteiger partial charge in [-0.15, -0.1) is 0 Å². The van der Waals surface area contributed by atoms with Gasteiger partial charge in [0.15, 0.2) is 11.5 Å². The van der Waals surface area contributed by atoms with Gasteiger partial charge >= 0.3 is 0 Å². The van der Waals surface area contributed by atoms with E-state index in [0.717, 1.165) is 30.0 Å². The van der Waals surface area contributed by atoms with E-state index in [1.165, 1.54) is 57.4 Å². The van der Waals surface area contributed by atoms with Crippen LogP contribution in [0, 0.1) is 5.92 Å². The highest BCUT2D eigenvalue weighted by atomic mass is 16.7. The lowest BCUT2D eigenvalue weighted by Gasteiger charge is -2.37. The van der Waals surface area contributed by atoms with E-state index in [4.69, 9.17) is 9.47 Å². The van der Waals surface area contributed by atoms with Gasteiger partial charge < -0.3 is 19.3 Å². The highest BCUT2D eigenvalue weighted by molar-refractivity contribution is 5.44. The zero-order valence-electron chi connectivity index (χ0n) is 14.3. The molecule has 0 aliphatic carbocycles. The summed E-state index contributed by atoms with van der Waals surface area (Å²) in [6.45, 7) is 9.35. The maximum absolute atomic E-state index is 5.50. The van der Waals surface area contributed by atoms with Gasteiger partial charge in [-0.05, 0) is 37.0 Å². The molecule has 1 aromatic rings. The van der Waals surface area contributed by atoms with Crippen LogP contribution in [0.5, 0.6) is 11.5 Å². The minimum Gasteiger partial charge on any atom is -0.454 e. The molecule has 0 unspecified atom stereocenters. The Balaban J connectivity index is 1.28. The van der Waals surface area contributed by atoms with E-state index in [9.17, 15) is 0 Å². The van der Waals surface area contributed by atoms with Crippen LogP contribution in [-0.4, -0.2) is 39.0 Å². The fourth-order valence-corrected chi connectivity index (χ4v) is 4.49. The van der Waals surface area contributed by atoms with Crippen molar-refractivity contribution in [2.45, 2.75) is 45.2 Å². The monoisotopic (exact) mass is 318 g/mol. The second-order valence-corrected chi connectivity index (χ2v) is 7.73. The molecule has 23 heavy (non-hydrogen) atoms. The Morgan fingerprint density at radius 3 is 2.48 bits per heavy atom. The summed E-state index contributed by atoms with van der Waals surface area (Å²) in [7, 11) is 0. The molecule has 4 nitrogen and oxygen atoms in total. The van der Waals surface area contributed by atoms with E-state index in [1.807, 2.05) is 4.90 Å². The van der Waals surface area contributed by atoms with Gasteiger partial charge in [0.05, 0.1) is 32.2 Å².